The van der Waals surface area contributed by atoms with Gasteiger partial charge < -0.3 is 9.64 Å². The summed E-state index contributed by atoms with van der Waals surface area (Å²) in [6, 6.07) is 14.1. The predicted octanol–water partition coefficient (Wildman–Crippen LogP) is 2.61. The molecule has 0 bridgehead atoms. The zero-order chi connectivity index (χ0) is 20.3. The van der Waals surface area contributed by atoms with Crippen LogP contribution in [0, 0.1) is 11.3 Å². The zero-order valence-electron chi connectivity index (χ0n) is 15.6. The van der Waals surface area contributed by atoms with Crippen molar-refractivity contribution in [3.05, 3.63) is 59.7 Å². The third-order valence-electron chi connectivity index (χ3n) is 4.38. The fourth-order valence-corrected chi connectivity index (χ4v) is 4.33. The van der Waals surface area contributed by atoms with E-state index in [-0.39, 0.29) is 39.8 Å². The molecule has 0 radical (unpaired) electrons. The van der Waals surface area contributed by atoms with E-state index in [4.69, 9.17) is 10.00 Å². The van der Waals surface area contributed by atoms with Crippen LogP contribution in [0.5, 0.6) is 0 Å². The van der Waals surface area contributed by atoms with Crippen LogP contribution in [0.3, 0.4) is 0 Å². The number of ether oxygens (including phenoxy) is 1. The van der Waals surface area contributed by atoms with Crippen LogP contribution in [0.15, 0.2) is 53.4 Å². The van der Waals surface area contributed by atoms with Crippen molar-refractivity contribution in [2.75, 3.05) is 17.8 Å². The Morgan fingerprint density at radius 1 is 1.14 bits per heavy atom. The van der Waals surface area contributed by atoms with Crippen molar-refractivity contribution in [2.45, 2.75) is 31.0 Å². The molecular formula is C20H21N3O4S. The SMILES string of the molecule is CC1CN(C(=O)c2ccccc2NS(=O)(=O)c2cccc(C#N)c2)CC(C)O1. The van der Waals surface area contributed by atoms with Gasteiger partial charge in [0.05, 0.1) is 40.0 Å². The summed E-state index contributed by atoms with van der Waals surface area (Å²) in [6.07, 6.45) is -0.185. The minimum Gasteiger partial charge on any atom is -0.372 e. The first-order chi connectivity index (χ1) is 13.3. The number of rotatable bonds is 4. The number of amides is 1. The van der Waals surface area contributed by atoms with Crippen LogP contribution < -0.4 is 4.72 Å². The van der Waals surface area contributed by atoms with Crippen LogP contribution in [-0.2, 0) is 14.8 Å². The van der Waals surface area contributed by atoms with Crippen LogP contribution in [0.4, 0.5) is 5.69 Å². The molecule has 0 aromatic heterocycles. The van der Waals surface area contributed by atoms with E-state index in [0.717, 1.165) is 0 Å². The van der Waals surface area contributed by atoms with E-state index in [0.29, 0.717) is 13.1 Å². The van der Waals surface area contributed by atoms with Crippen molar-refractivity contribution in [1.82, 2.24) is 4.90 Å². The molecule has 2 aromatic carbocycles. The normalized spacial score (nSPS) is 19.7. The second-order valence-corrected chi connectivity index (χ2v) is 8.44. The molecular weight excluding hydrogens is 378 g/mol. The Morgan fingerprint density at radius 2 is 1.82 bits per heavy atom. The van der Waals surface area contributed by atoms with Gasteiger partial charge in [-0.15, -0.1) is 0 Å². The third-order valence-corrected chi connectivity index (χ3v) is 5.75. The number of carbonyl (C=O) groups is 1. The van der Waals surface area contributed by atoms with Crippen molar-refractivity contribution in [3.8, 4) is 6.07 Å². The topological polar surface area (TPSA) is 99.5 Å². The number of para-hydroxylation sites is 1. The lowest BCUT2D eigenvalue weighted by Crippen LogP contribution is -2.48. The molecule has 28 heavy (non-hydrogen) atoms. The summed E-state index contributed by atoms with van der Waals surface area (Å²) in [4.78, 5) is 14.7. The number of anilines is 1. The predicted molar refractivity (Wildman–Crippen MR) is 104 cm³/mol. The van der Waals surface area contributed by atoms with E-state index in [1.54, 1.807) is 29.2 Å². The average Bonchev–Trinajstić information content (AvgIpc) is 2.67. The molecule has 7 nitrogen and oxygen atoms in total. The van der Waals surface area contributed by atoms with Gasteiger partial charge in [-0.3, -0.25) is 9.52 Å². The maximum atomic E-state index is 13.0. The molecule has 0 aliphatic carbocycles. The van der Waals surface area contributed by atoms with Crippen LogP contribution in [0.25, 0.3) is 0 Å². The van der Waals surface area contributed by atoms with E-state index in [1.807, 2.05) is 19.9 Å². The van der Waals surface area contributed by atoms with Crippen LogP contribution in [0.1, 0.15) is 29.8 Å². The standard InChI is InChI=1S/C20H21N3O4S/c1-14-12-23(13-15(2)27-14)20(24)18-8-3-4-9-19(18)22-28(25,26)17-7-5-6-16(10-17)11-21/h3-10,14-15,22H,12-13H2,1-2H3. The van der Waals surface area contributed by atoms with Crippen molar-refractivity contribution in [2.24, 2.45) is 0 Å². The lowest BCUT2D eigenvalue weighted by Gasteiger charge is -2.35. The molecule has 1 amide bonds. The van der Waals surface area contributed by atoms with Crippen molar-refractivity contribution in [1.29, 1.82) is 5.26 Å². The average molecular weight is 399 g/mol. The highest BCUT2D eigenvalue weighted by Crippen LogP contribution is 2.23. The summed E-state index contributed by atoms with van der Waals surface area (Å²) in [5.41, 5.74) is 0.703. The second kappa shape index (κ2) is 8.00. The molecule has 1 fully saturated rings. The van der Waals surface area contributed by atoms with E-state index in [1.165, 1.54) is 24.3 Å². The first-order valence-corrected chi connectivity index (χ1v) is 10.3. The number of benzene rings is 2. The van der Waals surface area contributed by atoms with Gasteiger partial charge in [0.25, 0.3) is 15.9 Å². The Kier molecular flexibility index (Phi) is 5.68. The smallest absolute Gasteiger partial charge is 0.261 e. The van der Waals surface area contributed by atoms with Gasteiger partial charge in [-0.2, -0.15) is 5.26 Å². The fourth-order valence-electron chi connectivity index (χ4n) is 3.21. The Hall–Kier alpha value is -2.89. The van der Waals surface area contributed by atoms with Crippen molar-refractivity contribution in [3.63, 3.8) is 0 Å². The first kappa shape index (κ1) is 19.9. The maximum absolute atomic E-state index is 13.0. The van der Waals surface area contributed by atoms with Gasteiger partial charge in [0.15, 0.2) is 0 Å². The Morgan fingerprint density at radius 3 is 2.50 bits per heavy atom. The quantitative estimate of drug-likeness (QED) is 0.852. The largest absolute Gasteiger partial charge is 0.372 e. The molecule has 0 spiro atoms. The van der Waals surface area contributed by atoms with E-state index in [9.17, 15) is 13.2 Å². The highest BCUT2D eigenvalue weighted by Gasteiger charge is 2.28. The Bertz CT molecular complexity index is 1020. The van der Waals surface area contributed by atoms with Crippen LogP contribution >= 0.6 is 0 Å². The number of carbonyl (C=O) groups excluding carboxylic acids is 1. The molecule has 3 rings (SSSR count). The molecule has 2 atom stereocenters. The van der Waals surface area contributed by atoms with Crippen LogP contribution in [0.2, 0.25) is 0 Å². The number of hydrogen-bond donors (Lipinski definition) is 1. The van der Waals surface area contributed by atoms with Gasteiger partial charge in [-0.1, -0.05) is 18.2 Å². The summed E-state index contributed by atoms with van der Waals surface area (Å²) in [6.45, 7) is 4.67. The Balaban J connectivity index is 1.90. The molecule has 8 heteroatoms. The summed E-state index contributed by atoms with van der Waals surface area (Å²) in [5.74, 6) is -0.258. The number of sulfonamides is 1. The summed E-state index contributed by atoms with van der Waals surface area (Å²) >= 11 is 0. The maximum Gasteiger partial charge on any atom is 0.261 e. The molecule has 1 N–H and O–H groups in total. The number of nitriles is 1. The first-order valence-electron chi connectivity index (χ1n) is 8.87. The highest BCUT2D eigenvalue weighted by molar-refractivity contribution is 7.92. The monoisotopic (exact) mass is 399 g/mol. The van der Waals surface area contributed by atoms with Gasteiger partial charge in [0.1, 0.15) is 0 Å². The summed E-state index contributed by atoms with van der Waals surface area (Å²) in [5, 5.41) is 9.00. The molecule has 1 aliphatic heterocycles. The van der Waals surface area contributed by atoms with Gasteiger partial charge in [-0.25, -0.2) is 8.42 Å². The molecule has 1 aliphatic rings. The van der Waals surface area contributed by atoms with Gasteiger partial charge in [-0.05, 0) is 44.2 Å². The molecule has 2 unspecified atom stereocenters. The van der Waals surface area contributed by atoms with Crippen molar-refractivity contribution >= 4 is 21.6 Å². The molecule has 146 valence electrons. The van der Waals surface area contributed by atoms with E-state index in [2.05, 4.69) is 4.72 Å². The Labute approximate surface area is 164 Å². The number of nitrogens with zero attached hydrogens (tertiary/aromatic N) is 2. The fraction of sp³-hybridized carbons (Fsp3) is 0.300. The molecule has 0 saturated carbocycles. The second-order valence-electron chi connectivity index (χ2n) is 6.76. The molecule has 1 heterocycles. The third kappa shape index (κ3) is 4.32. The minimum atomic E-state index is -3.95. The summed E-state index contributed by atoms with van der Waals surface area (Å²) in [7, 11) is -3.95. The van der Waals surface area contributed by atoms with Gasteiger partial charge in [0, 0.05) is 13.1 Å². The zero-order valence-corrected chi connectivity index (χ0v) is 16.4. The lowest BCUT2D eigenvalue weighted by molar-refractivity contribution is -0.0585. The number of hydrogen-bond acceptors (Lipinski definition) is 5. The van der Waals surface area contributed by atoms with Gasteiger partial charge in [0.2, 0.25) is 0 Å². The van der Waals surface area contributed by atoms with Crippen molar-refractivity contribution < 1.29 is 17.9 Å². The number of morpholine rings is 1. The number of nitrogens with one attached hydrogen (secondary N) is 1. The van der Waals surface area contributed by atoms with Gasteiger partial charge >= 0.3 is 0 Å². The molecule has 2 aromatic rings. The molecule has 1 saturated heterocycles. The van der Waals surface area contributed by atoms with Crippen LogP contribution in [-0.4, -0.2) is 44.5 Å². The highest BCUT2D eigenvalue weighted by atomic mass is 32.2. The minimum absolute atomic E-state index is 0.0394. The lowest BCUT2D eigenvalue weighted by atomic mass is 10.1. The van der Waals surface area contributed by atoms with E-state index >= 15 is 0 Å². The van der Waals surface area contributed by atoms with E-state index < -0.39 is 10.0 Å². The summed E-state index contributed by atoms with van der Waals surface area (Å²) < 4.78 is 33.7.